The van der Waals surface area contributed by atoms with E-state index in [-0.39, 0.29) is 0 Å². The highest BCUT2D eigenvalue weighted by Crippen LogP contribution is 2.30. The fourth-order valence-electron chi connectivity index (χ4n) is 4.21. The summed E-state index contributed by atoms with van der Waals surface area (Å²) in [6.45, 7) is 1.39. The van der Waals surface area contributed by atoms with E-state index in [9.17, 15) is 5.11 Å². The molecule has 1 unspecified atom stereocenters. The third-order valence-electron chi connectivity index (χ3n) is 6.02. The van der Waals surface area contributed by atoms with Gasteiger partial charge in [0.2, 0.25) is 0 Å². The molecule has 3 aromatic heterocycles. The zero-order valence-corrected chi connectivity index (χ0v) is 19.1. The van der Waals surface area contributed by atoms with Crippen LogP contribution in [0.15, 0.2) is 72.5 Å². The van der Waals surface area contributed by atoms with Crippen molar-refractivity contribution < 1.29 is 5.11 Å². The molecule has 1 aliphatic rings. The number of H-pyrrole nitrogens is 1. The summed E-state index contributed by atoms with van der Waals surface area (Å²) in [5, 5.41) is 18.1. The van der Waals surface area contributed by atoms with Crippen molar-refractivity contribution in [1.29, 1.82) is 0 Å². The first-order valence-corrected chi connectivity index (χ1v) is 12.0. The molecular weight excluding hydrogens is 446 g/mol. The van der Waals surface area contributed by atoms with Crippen molar-refractivity contribution in [3.05, 3.63) is 78.2 Å². The van der Waals surface area contributed by atoms with Crippen LogP contribution in [0.3, 0.4) is 0 Å². The van der Waals surface area contributed by atoms with Gasteiger partial charge in [0, 0.05) is 30.2 Å². The van der Waals surface area contributed by atoms with Gasteiger partial charge in [0.05, 0.1) is 21.1 Å². The van der Waals surface area contributed by atoms with E-state index in [2.05, 4.69) is 48.8 Å². The number of benzene rings is 2. The predicted molar refractivity (Wildman–Crippen MR) is 137 cm³/mol. The van der Waals surface area contributed by atoms with Gasteiger partial charge in [0.15, 0.2) is 6.35 Å². The summed E-state index contributed by atoms with van der Waals surface area (Å²) in [6, 6.07) is 17.9. The van der Waals surface area contributed by atoms with Crippen LogP contribution in [0.5, 0.6) is 0 Å². The van der Waals surface area contributed by atoms with Crippen molar-refractivity contribution in [3.8, 4) is 0 Å². The first-order chi connectivity index (χ1) is 16.7. The van der Waals surface area contributed by atoms with Crippen LogP contribution >= 0.6 is 11.3 Å². The van der Waals surface area contributed by atoms with Gasteiger partial charge in [-0.05, 0) is 48.4 Å². The topological polar surface area (TPSA) is 102 Å². The minimum atomic E-state index is -0.736. The van der Waals surface area contributed by atoms with E-state index in [4.69, 9.17) is 0 Å². The van der Waals surface area contributed by atoms with Crippen molar-refractivity contribution in [2.45, 2.75) is 12.8 Å². The minimum Gasteiger partial charge on any atom is -0.361 e. The summed E-state index contributed by atoms with van der Waals surface area (Å²) in [4.78, 5) is 18.7. The molecule has 8 nitrogen and oxygen atoms in total. The van der Waals surface area contributed by atoms with Gasteiger partial charge in [-0.3, -0.25) is 4.90 Å². The lowest BCUT2D eigenvalue weighted by Crippen LogP contribution is -2.43. The highest BCUT2D eigenvalue weighted by molar-refractivity contribution is 7.16. The van der Waals surface area contributed by atoms with E-state index < -0.39 is 6.35 Å². The van der Waals surface area contributed by atoms with E-state index in [0.29, 0.717) is 6.54 Å². The molecule has 0 saturated heterocycles. The average molecular weight is 470 g/mol. The van der Waals surface area contributed by atoms with Crippen molar-refractivity contribution in [2.24, 2.45) is 0 Å². The molecule has 0 aliphatic carbocycles. The number of nitrogens with zero attached hydrogens (tertiary/aromatic N) is 4. The Bertz CT molecular complexity index is 1480. The van der Waals surface area contributed by atoms with Gasteiger partial charge >= 0.3 is 0 Å². The molecule has 4 heterocycles. The number of hydrogen-bond donors (Lipinski definition) is 4. The van der Waals surface area contributed by atoms with Crippen LogP contribution < -0.4 is 10.6 Å². The molecule has 0 fully saturated rings. The molecule has 0 bridgehead atoms. The van der Waals surface area contributed by atoms with E-state index in [0.717, 1.165) is 57.1 Å². The minimum absolute atomic E-state index is 0.650. The third kappa shape index (κ3) is 4.12. The molecule has 34 heavy (non-hydrogen) atoms. The predicted octanol–water partition coefficient (Wildman–Crippen LogP) is 4.79. The van der Waals surface area contributed by atoms with Crippen LogP contribution in [0, 0.1) is 0 Å². The SMILES string of the molecule is OC(Nc1ccccc1)N1CC=C(c2cc3c(Nc4ccc5ncsc5c4)ncnc3[nH]2)CC1. The molecule has 6 rings (SSSR count). The van der Waals surface area contributed by atoms with Crippen LogP contribution in [-0.4, -0.2) is 49.4 Å². The van der Waals surface area contributed by atoms with Crippen molar-refractivity contribution in [2.75, 3.05) is 23.7 Å². The Balaban J connectivity index is 1.20. The number of aliphatic hydroxyl groups excluding tert-OH is 1. The first-order valence-electron chi connectivity index (χ1n) is 11.1. The largest absolute Gasteiger partial charge is 0.361 e. The van der Waals surface area contributed by atoms with Crippen molar-refractivity contribution in [3.63, 3.8) is 0 Å². The number of fused-ring (bicyclic) bond motifs is 2. The van der Waals surface area contributed by atoms with E-state index in [1.807, 2.05) is 52.9 Å². The Kier molecular flexibility index (Phi) is 5.42. The van der Waals surface area contributed by atoms with Crippen LogP contribution in [0.25, 0.3) is 26.8 Å². The molecule has 0 spiro atoms. The summed E-state index contributed by atoms with van der Waals surface area (Å²) in [6.07, 6.45) is 3.81. The molecule has 0 amide bonds. The quantitative estimate of drug-likeness (QED) is 0.265. The Morgan fingerprint density at radius 2 is 1.94 bits per heavy atom. The van der Waals surface area contributed by atoms with Gasteiger partial charge in [-0.2, -0.15) is 0 Å². The standard InChI is InChI=1S/C25H23N7OS/c33-25(30-17-4-2-1-3-5-17)32-10-8-16(9-11-32)21-13-19-23(26-14-27-24(19)31-21)29-18-6-7-20-22(12-18)34-15-28-20/h1-8,12-15,25,30,33H,9-11H2,(H2,26,27,29,31). The first kappa shape index (κ1) is 20.8. The van der Waals surface area contributed by atoms with Crippen molar-refractivity contribution in [1.82, 2.24) is 24.8 Å². The number of thiazole rings is 1. The average Bonchev–Trinajstić information content (AvgIpc) is 3.52. The molecule has 4 N–H and O–H groups in total. The molecule has 5 aromatic rings. The van der Waals surface area contributed by atoms with Crippen LogP contribution in [0.2, 0.25) is 0 Å². The number of aromatic amines is 1. The molecule has 1 atom stereocenters. The van der Waals surface area contributed by atoms with Crippen LogP contribution in [0.4, 0.5) is 17.2 Å². The Morgan fingerprint density at radius 3 is 2.79 bits per heavy atom. The number of aliphatic hydroxyl groups is 1. The number of nitrogens with one attached hydrogen (secondary N) is 3. The van der Waals surface area contributed by atoms with Crippen LogP contribution in [0.1, 0.15) is 12.1 Å². The van der Waals surface area contributed by atoms with Gasteiger partial charge in [-0.1, -0.05) is 24.3 Å². The van der Waals surface area contributed by atoms with Gasteiger partial charge in [-0.25, -0.2) is 15.0 Å². The molecule has 0 radical (unpaired) electrons. The Morgan fingerprint density at radius 1 is 1.03 bits per heavy atom. The monoisotopic (exact) mass is 469 g/mol. The second-order valence-electron chi connectivity index (χ2n) is 8.19. The summed E-state index contributed by atoms with van der Waals surface area (Å²) in [5.41, 5.74) is 7.74. The molecule has 0 saturated carbocycles. The lowest BCUT2D eigenvalue weighted by Gasteiger charge is -2.31. The summed E-state index contributed by atoms with van der Waals surface area (Å²) in [5.74, 6) is 0.761. The van der Waals surface area contributed by atoms with Gasteiger partial charge in [0.25, 0.3) is 0 Å². The second kappa shape index (κ2) is 8.86. The maximum absolute atomic E-state index is 10.6. The number of rotatable bonds is 6. The van der Waals surface area contributed by atoms with E-state index in [1.165, 1.54) is 5.57 Å². The summed E-state index contributed by atoms with van der Waals surface area (Å²) in [7, 11) is 0. The summed E-state index contributed by atoms with van der Waals surface area (Å²) < 4.78 is 1.13. The normalized spacial score (nSPS) is 15.4. The number of para-hydroxylation sites is 1. The fourth-order valence-corrected chi connectivity index (χ4v) is 4.92. The maximum atomic E-state index is 10.6. The zero-order valence-electron chi connectivity index (χ0n) is 18.3. The van der Waals surface area contributed by atoms with Gasteiger partial charge in [-0.15, -0.1) is 11.3 Å². The molecular formula is C25H23N7OS. The third-order valence-corrected chi connectivity index (χ3v) is 6.81. The van der Waals surface area contributed by atoms with Crippen LogP contribution in [-0.2, 0) is 0 Å². The fraction of sp³-hybridized carbons (Fsp3) is 0.160. The van der Waals surface area contributed by atoms with E-state index >= 15 is 0 Å². The molecule has 1 aliphatic heterocycles. The second-order valence-corrected chi connectivity index (χ2v) is 9.07. The summed E-state index contributed by atoms with van der Waals surface area (Å²) >= 11 is 1.62. The lowest BCUT2D eigenvalue weighted by molar-refractivity contribution is 0.0342. The highest BCUT2D eigenvalue weighted by atomic mass is 32.1. The molecule has 170 valence electrons. The maximum Gasteiger partial charge on any atom is 0.184 e. The number of hydrogen-bond acceptors (Lipinski definition) is 8. The highest BCUT2D eigenvalue weighted by Gasteiger charge is 2.20. The number of anilines is 3. The van der Waals surface area contributed by atoms with Crippen molar-refractivity contribution >= 4 is 55.4 Å². The zero-order chi connectivity index (χ0) is 22.9. The lowest BCUT2D eigenvalue weighted by atomic mass is 10.0. The number of aromatic nitrogens is 4. The van der Waals surface area contributed by atoms with Gasteiger partial charge < -0.3 is 20.7 Å². The smallest absolute Gasteiger partial charge is 0.184 e. The van der Waals surface area contributed by atoms with E-state index in [1.54, 1.807) is 17.7 Å². The Labute approximate surface area is 200 Å². The Hall–Kier alpha value is -3.79. The molecule has 2 aromatic carbocycles. The molecule has 9 heteroatoms. The van der Waals surface area contributed by atoms with Gasteiger partial charge in [0.1, 0.15) is 17.8 Å².